The summed E-state index contributed by atoms with van der Waals surface area (Å²) in [5.41, 5.74) is 1.76. The normalized spacial score (nSPS) is 10.2. The number of pyridine rings is 1. The topological polar surface area (TPSA) is 80.8 Å². The van der Waals surface area contributed by atoms with E-state index in [1.54, 1.807) is 20.4 Å². The summed E-state index contributed by atoms with van der Waals surface area (Å²) >= 11 is 0. The summed E-state index contributed by atoms with van der Waals surface area (Å²) in [6, 6.07) is 11.1. The first-order valence-corrected chi connectivity index (χ1v) is 8.66. The summed E-state index contributed by atoms with van der Waals surface area (Å²) in [6.07, 6.45) is 2.28. The number of rotatable bonds is 9. The second-order valence-corrected chi connectivity index (χ2v) is 5.98. The van der Waals surface area contributed by atoms with Crippen molar-refractivity contribution in [3.8, 4) is 11.5 Å². The zero-order chi connectivity index (χ0) is 19.6. The van der Waals surface area contributed by atoms with Crippen LogP contribution in [0.15, 0.2) is 42.6 Å². The maximum Gasteiger partial charge on any atom is 0.239 e. The third kappa shape index (κ3) is 6.29. The summed E-state index contributed by atoms with van der Waals surface area (Å²) in [7, 11) is 3.16. The molecule has 1 aromatic carbocycles. The van der Waals surface area contributed by atoms with Gasteiger partial charge in [-0.05, 0) is 36.2 Å². The average Bonchev–Trinajstić information content (AvgIpc) is 2.69. The Bertz CT molecular complexity index is 765. The molecule has 2 amide bonds. The van der Waals surface area contributed by atoms with Crippen molar-refractivity contribution < 1.29 is 19.1 Å². The molecule has 0 saturated carbocycles. The van der Waals surface area contributed by atoms with Crippen LogP contribution in [0.3, 0.4) is 0 Å². The van der Waals surface area contributed by atoms with Crippen LogP contribution in [0.5, 0.6) is 11.5 Å². The Morgan fingerprint density at radius 2 is 1.89 bits per heavy atom. The number of aromatic nitrogens is 1. The van der Waals surface area contributed by atoms with Gasteiger partial charge < -0.3 is 19.7 Å². The van der Waals surface area contributed by atoms with Gasteiger partial charge in [-0.1, -0.05) is 12.1 Å². The molecule has 0 radical (unpaired) electrons. The van der Waals surface area contributed by atoms with Gasteiger partial charge in [0.1, 0.15) is 0 Å². The minimum atomic E-state index is -0.219. The van der Waals surface area contributed by atoms with Gasteiger partial charge in [-0.2, -0.15) is 0 Å². The zero-order valence-corrected chi connectivity index (χ0v) is 15.9. The third-order valence-corrected chi connectivity index (χ3v) is 4.09. The summed E-state index contributed by atoms with van der Waals surface area (Å²) in [6.45, 7) is 2.24. The van der Waals surface area contributed by atoms with E-state index in [0.29, 0.717) is 31.0 Å². The second kappa shape index (κ2) is 10.2. The fourth-order valence-corrected chi connectivity index (χ4v) is 2.57. The molecule has 2 rings (SSSR count). The molecule has 0 aliphatic rings. The van der Waals surface area contributed by atoms with E-state index >= 15 is 0 Å². The van der Waals surface area contributed by atoms with Crippen LogP contribution in [0.1, 0.15) is 18.2 Å². The van der Waals surface area contributed by atoms with Crippen molar-refractivity contribution in [3.05, 3.63) is 53.9 Å². The lowest BCUT2D eigenvalue weighted by Crippen LogP contribution is -2.40. The molecule has 7 heteroatoms. The van der Waals surface area contributed by atoms with Crippen molar-refractivity contribution >= 4 is 11.8 Å². The molecule has 0 bridgehead atoms. The number of carbonyl (C=O) groups excluding carboxylic acids is 2. The standard InChI is InChI=1S/C20H25N3O4/c1-15(24)23(14-20(25)22-13-17-6-4-5-10-21-17)11-9-16-7-8-18(26-2)19(12-16)27-3/h4-8,10,12H,9,11,13-14H2,1-3H3,(H,22,25). The highest BCUT2D eigenvalue weighted by atomic mass is 16.5. The van der Waals surface area contributed by atoms with Gasteiger partial charge in [-0.3, -0.25) is 14.6 Å². The molecule has 0 aliphatic carbocycles. The van der Waals surface area contributed by atoms with Crippen molar-refractivity contribution in [2.24, 2.45) is 0 Å². The maximum absolute atomic E-state index is 12.2. The number of ether oxygens (including phenoxy) is 2. The molecular weight excluding hydrogens is 346 g/mol. The van der Waals surface area contributed by atoms with E-state index in [2.05, 4.69) is 10.3 Å². The van der Waals surface area contributed by atoms with Crippen LogP contribution in [0.4, 0.5) is 0 Å². The van der Waals surface area contributed by atoms with Crippen molar-refractivity contribution in [1.29, 1.82) is 0 Å². The molecule has 0 aliphatic heterocycles. The van der Waals surface area contributed by atoms with E-state index in [1.807, 2.05) is 36.4 Å². The molecular formula is C20H25N3O4. The van der Waals surface area contributed by atoms with E-state index in [9.17, 15) is 9.59 Å². The van der Waals surface area contributed by atoms with Gasteiger partial charge in [0.15, 0.2) is 11.5 Å². The third-order valence-electron chi connectivity index (χ3n) is 4.09. The van der Waals surface area contributed by atoms with Gasteiger partial charge >= 0.3 is 0 Å². The molecule has 0 spiro atoms. The summed E-state index contributed by atoms with van der Waals surface area (Å²) in [4.78, 5) is 29.7. The Hall–Kier alpha value is -3.09. The Kier molecular flexibility index (Phi) is 7.61. The number of methoxy groups -OCH3 is 2. The highest BCUT2D eigenvalue weighted by molar-refractivity contribution is 5.83. The lowest BCUT2D eigenvalue weighted by atomic mass is 10.1. The number of nitrogens with zero attached hydrogens (tertiary/aromatic N) is 2. The molecule has 0 saturated heterocycles. The van der Waals surface area contributed by atoms with Crippen molar-refractivity contribution in [3.63, 3.8) is 0 Å². The number of nitrogens with one attached hydrogen (secondary N) is 1. The molecule has 0 atom stereocenters. The fraction of sp³-hybridized carbons (Fsp3) is 0.350. The molecule has 1 aromatic heterocycles. The van der Waals surface area contributed by atoms with Gasteiger partial charge in [0.2, 0.25) is 11.8 Å². The highest BCUT2D eigenvalue weighted by Gasteiger charge is 2.14. The Balaban J connectivity index is 1.89. The van der Waals surface area contributed by atoms with Crippen LogP contribution in [-0.4, -0.2) is 49.0 Å². The minimum Gasteiger partial charge on any atom is -0.493 e. The largest absolute Gasteiger partial charge is 0.493 e. The van der Waals surface area contributed by atoms with E-state index < -0.39 is 0 Å². The smallest absolute Gasteiger partial charge is 0.239 e. The summed E-state index contributed by atoms with van der Waals surface area (Å²) in [5.74, 6) is 0.919. The van der Waals surface area contributed by atoms with E-state index in [-0.39, 0.29) is 18.4 Å². The predicted octanol–water partition coefficient (Wildman–Crippen LogP) is 1.81. The maximum atomic E-state index is 12.2. The number of benzene rings is 1. The van der Waals surface area contributed by atoms with Crippen molar-refractivity contribution in [2.45, 2.75) is 19.9 Å². The summed E-state index contributed by atoms with van der Waals surface area (Å²) < 4.78 is 10.5. The molecule has 27 heavy (non-hydrogen) atoms. The molecule has 0 unspecified atom stereocenters. The van der Waals surface area contributed by atoms with Crippen LogP contribution in [0.2, 0.25) is 0 Å². The van der Waals surface area contributed by atoms with Gasteiger partial charge in [0.25, 0.3) is 0 Å². The number of hydrogen-bond acceptors (Lipinski definition) is 5. The molecule has 7 nitrogen and oxygen atoms in total. The van der Waals surface area contributed by atoms with E-state index in [4.69, 9.17) is 9.47 Å². The van der Waals surface area contributed by atoms with Crippen LogP contribution >= 0.6 is 0 Å². The zero-order valence-electron chi connectivity index (χ0n) is 15.9. The minimum absolute atomic E-state index is 0.00938. The lowest BCUT2D eigenvalue weighted by molar-refractivity contribution is -0.134. The van der Waals surface area contributed by atoms with Gasteiger partial charge in [0.05, 0.1) is 33.0 Å². The monoisotopic (exact) mass is 371 g/mol. The first-order valence-electron chi connectivity index (χ1n) is 8.66. The molecule has 144 valence electrons. The number of amides is 2. The first kappa shape index (κ1) is 20.2. The van der Waals surface area contributed by atoms with Gasteiger partial charge in [-0.25, -0.2) is 0 Å². The lowest BCUT2D eigenvalue weighted by Gasteiger charge is -2.21. The average molecular weight is 371 g/mol. The Morgan fingerprint density at radius 3 is 2.52 bits per heavy atom. The molecule has 0 fully saturated rings. The molecule has 1 N–H and O–H groups in total. The molecule has 1 heterocycles. The second-order valence-electron chi connectivity index (χ2n) is 5.98. The number of hydrogen-bond donors (Lipinski definition) is 1. The fourth-order valence-electron chi connectivity index (χ4n) is 2.57. The van der Waals surface area contributed by atoms with Crippen LogP contribution in [0.25, 0.3) is 0 Å². The molecule has 2 aromatic rings. The SMILES string of the molecule is COc1ccc(CCN(CC(=O)NCc2ccccn2)C(C)=O)cc1OC. The van der Waals surface area contributed by atoms with Crippen LogP contribution in [0, 0.1) is 0 Å². The van der Waals surface area contributed by atoms with Crippen molar-refractivity contribution in [1.82, 2.24) is 15.2 Å². The highest BCUT2D eigenvalue weighted by Crippen LogP contribution is 2.27. The van der Waals surface area contributed by atoms with Crippen LogP contribution in [-0.2, 0) is 22.6 Å². The van der Waals surface area contributed by atoms with Gasteiger partial charge in [0, 0.05) is 19.7 Å². The van der Waals surface area contributed by atoms with E-state index in [1.165, 1.54) is 11.8 Å². The van der Waals surface area contributed by atoms with Crippen LogP contribution < -0.4 is 14.8 Å². The quantitative estimate of drug-likeness (QED) is 0.727. The van der Waals surface area contributed by atoms with Crippen molar-refractivity contribution in [2.75, 3.05) is 27.3 Å². The Labute approximate surface area is 159 Å². The first-order chi connectivity index (χ1) is 13.0. The predicted molar refractivity (Wildman–Crippen MR) is 102 cm³/mol. The summed E-state index contributed by atoms with van der Waals surface area (Å²) in [5, 5.41) is 2.78. The number of carbonyl (C=O) groups is 2. The Morgan fingerprint density at radius 1 is 1.11 bits per heavy atom. The van der Waals surface area contributed by atoms with E-state index in [0.717, 1.165) is 11.3 Å². The van der Waals surface area contributed by atoms with Gasteiger partial charge in [-0.15, -0.1) is 0 Å².